The Morgan fingerprint density at radius 3 is 2.09 bits per heavy atom. The molecule has 0 aromatic heterocycles. The van der Waals surface area contributed by atoms with E-state index in [4.69, 9.17) is 14.2 Å². The predicted octanol–water partition coefficient (Wildman–Crippen LogP) is 4.06. The Morgan fingerprint density at radius 2 is 1.51 bits per heavy atom. The molecule has 18 nitrogen and oxygen atoms in total. The number of methoxy groups -OCH3 is 2. The molecule has 0 unspecified atom stereocenters. The molecule has 2 saturated heterocycles. The van der Waals surface area contributed by atoms with Gasteiger partial charge in [-0.15, -0.1) is 0 Å². The van der Waals surface area contributed by atoms with Gasteiger partial charge in [0, 0.05) is 53.6 Å². The van der Waals surface area contributed by atoms with Gasteiger partial charge in [0.25, 0.3) is 0 Å². The van der Waals surface area contributed by atoms with Crippen LogP contribution in [0.2, 0.25) is 0 Å². The minimum atomic E-state index is -0.937. The van der Waals surface area contributed by atoms with Gasteiger partial charge in [-0.3, -0.25) is 28.8 Å². The van der Waals surface area contributed by atoms with Crippen LogP contribution >= 0.6 is 0 Å². The van der Waals surface area contributed by atoms with E-state index in [1.54, 1.807) is 77.9 Å². The third kappa shape index (κ3) is 16.4. The lowest BCUT2D eigenvalue weighted by Crippen LogP contribution is -2.58. The number of anilines is 1. The first-order valence-electron chi connectivity index (χ1n) is 24.4. The van der Waals surface area contributed by atoms with Gasteiger partial charge in [0.2, 0.25) is 35.4 Å². The third-order valence-electron chi connectivity index (χ3n) is 13.4. The maximum atomic E-state index is 14.3. The normalized spacial score (nSPS) is 20.0. The SMILES string of the molecule is CC[C@H](C)[C@@H]([C@@H](CC(=O)N1CCC[C@H]1[C@H](OC)[C@@H](C)C(=O)N(C)CCc1cccc(NC(=O)[C@H](C)NC(=O)[C@H](C)NC(=O)OC(C)(C)C)c1)OC)N(C)C(=O)[C@@H](NC(=O)[C@@H]1CCN(C)C1)C(C)C. The molecule has 7 amide bonds. The molecule has 18 heteroatoms. The average Bonchev–Trinajstić information content (AvgIpc) is 3.95. The van der Waals surface area contributed by atoms with E-state index >= 15 is 0 Å². The third-order valence-corrected chi connectivity index (χ3v) is 13.4. The zero-order valence-electron chi connectivity index (χ0n) is 43.6. The molecule has 0 spiro atoms. The van der Waals surface area contributed by atoms with Gasteiger partial charge in [-0.25, -0.2) is 4.79 Å². The highest BCUT2D eigenvalue weighted by Crippen LogP contribution is 2.30. The Balaban J connectivity index is 1.63. The Bertz CT molecular complexity index is 1870. The summed E-state index contributed by atoms with van der Waals surface area (Å²) >= 11 is 0. The molecule has 1 aromatic rings. The van der Waals surface area contributed by atoms with Crippen molar-refractivity contribution in [3.63, 3.8) is 0 Å². The van der Waals surface area contributed by atoms with Gasteiger partial charge in [-0.1, -0.05) is 53.2 Å². The molecule has 10 atom stereocenters. The van der Waals surface area contributed by atoms with Crippen molar-refractivity contribution in [1.82, 2.24) is 35.6 Å². The number of carbonyl (C=O) groups excluding carboxylic acids is 7. The molecule has 68 heavy (non-hydrogen) atoms. The van der Waals surface area contributed by atoms with E-state index in [-0.39, 0.29) is 53.8 Å². The highest BCUT2D eigenvalue weighted by Gasteiger charge is 2.43. The van der Waals surface area contributed by atoms with E-state index in [1.165, 1.54) is 6.92 Å². The summed E-state index contributed by atoms with van der Waals surface area (Å²) in [6, 6.07) is 3.85. The fourth-order valence-corrected chi connectivity index (χ4v) is 9.21. The first-order valence-corrected chi connectivity index (χ1v) is 24.4. The second-order valence-corrected chi connectivity index (χ2v) is 20.4. The topological polar surface area (TPSA) is 208 Å². The summed E-state index contributed by atoms with van der Waals surface area (Å²) < 4.78 is 17.3. The summed E-state index contributed by atoms with van der Waals surface area (Å²) in [4.78, 5) is 101. The number of likely N-dealkylation sites (N-methyl/N-ethyl adjacent to an activating group) is 2. The van der Waals surface area contributed by atoms with E-state index in [9.17, 15) is 33.6 Å². The van der Waals surface area contributed by atoms with Crippen LogP contribution in [-0.4, -0.2) is 171 Å². The fraction of sp³-hybridized carbons (Fsp3) is 0.740. The number of carbonyl (C=O) groups is 7. The van der Waals surface area contributed by atoms with Crippen molar-refractivity contribution in [2.24, 2.45) is 23.7 Å². The molecule has 0 radical (unpaired) electrons. The van der Waals surface area contributed by atoms with E-state index in [2.05, 4.69) is 26.2 Å². The average molecular weight is 957 g/mol. The molecule has 0 aliphatic carbocycles. The second-order valence-electron chi connectivity index (χ2n) is 20.4. The summed E-state index contributed by atoms with van der Waals surface area (Å²) in [6.45, 7) is 20.3. The number of likely N-dealkylation sites (tertiary alicyclic amines) is 2. The van der Waals surface area contributed by atoms with Gasteiger partial charge >= 0.3 is 6.09 Å². The first kappa shape index (κ1) is 57.5. The number of nitrogens with zero attached hydrogens (tertiary/aromatic N) is 4. The Kier molecular flexibility index (Phi) is 22.2. The van der Waals surface area contributed by atoms with Crippen molar-refractivity contribution in [3.8, 4) is 0 Å². The highest BCUT2D eigenvalue weighted by atomic mass is 16.6. The number of hydrogen-bond acceptors (Lipinski definition) is 11. The van der Waals surface area contributed by atoms with Gasteiger partial charge in [0.15, 0.2) is 0 Å². The standard InChI is InChI=1S/C50H84N8O10/c1-16-31(4)42(57(13)48(64)41(30(2)3)54-46(62)36-23-25-55(11)29-36)39(66-14)28-40(59)58-24-18-21-38(58)43(67-15)32(5)47(63)56(12)26-22-35-19-17-20-37(27-35)53-45(61)33(6)51-44(60)34(7)52-49(65)68-50(8,9)10/h17,19-20,27,30-34,36,38-39,41-43H,16,18,21-26,28-29H2,1-15H3,(H,51,60)(H,52,65)(H,53,61)(H,54,62)/t31-,32+,33-,34-,36+,38-,39+,41-,42-,43+/m0/s1. The molecule has 2 aliphatic heterocycles. The first-order chi connectivity index (χ1) is 31.8. The second kappa shape index (κ2) is 26.2. The van der Waals surface area contributed by atoms with Crippen LogP contribution in [0.3, 0.4) is 0 Å². The van der Waals surface area contributed by atoms with Crippen LogP contribution in [0, 0.1) is 23.7 Å². The molecular formula is C50H84N8O10. The predicted molar refractivity (Wildman–Crippen MR) is 261 cm³/mol. The smallest absolute Gasteiger partial charge is 0.408 e. The minimum absolute atomic E-state index is 0.0189. The van der Waals surface area contributed by atoms with Crippen molar-refractivity contribution in [2.75, 3.05) is 66.9 Å². The van der Waals surface area contributed by atoms with Crippen molar-refractivity contribution < 1.29 is 47.8 Å². The number of rotatable bonds is 23. The van der Waals surface area contributed by atoms with Crippen molar-refractivity contribution in [1.29, 1.82) is 0 Å². The molecule has 3 rings (SSSR count). The van der Waals surface area contributed by atoms with E-state index in [0.29, 0.717) is 38.2 Å². The van der Waals surface area contributed by atoms with E-state index in [1.807, 2.05) is 58.7 Å². The summed E-state index contributed by atoms with van der Waals surface area (Å²) in [6.07, 6.45) is 1.43. The zero-order chi connectivity index (χ0) is 51.2. The number of nitrogens with one attached hydrogen (secondary N) is 4. The van der Waals surface area contributed by atoms with Crippen LogP contribution in [0.25, 0.3) is 0 Å². The zero-order valence-corrected chi connectivity index (χ0v) is 43.6. The van der Waals surface area contributed by atoms with E-state index in [0.717, 1.165) is 31.4 Å². The van der Waals surface area contributed by atoms with Crippen LogP contribution in [0.5, 0.6) is 0 Å². The van der Waals surface area contributed by atoms with Crippen LogP contribution in [0.15, 0.2) is 24.3 Å². The van der Waals surface area contributed by atoms with Crippen molar-refractivity contribution in [3.05, 3.63) is 29.8 Å². The molecular weight excluding hydrogens is 873 g/mol. The summed E-state index contributed by atoms with van der Waals surface area (Å²) in [5.74, 6) is -2.57. The lowest BCUT2D eigenvalue weighted by molar-refractivity contribution is -0.149. The van der Waals surface area contributed by atoms with Crippen molar-refractivity contribution >= 4 is 47.2 Å². The molecule has 2 heterocycles. The number of alkyl carbamates (subject to hydrolysis) is 1. The molecule has 2 fully saturated rings. The quantitative estimate of drug-likeness (QED) is 0.123. The molecule has 384 valence electrons. The monoisotopic (exact) mass is 957 g/mol. The molecule has 0 bridgehead atoms. The molecule has 1 aromatic carbocycles. The minimum Gasteiger partial charge on any atom is -0.444 e. The van der Waals surface area contributed by atoms with E-state index < -0.39 is 65.8 Å². The summed E-state index contributed by atoms with van der Waals surface area (Å²) in [5.41, 5.74) is 0.656. The summed E-state index contributed by atoms with van der Waals surface area (Å²) in [7, 11) is 8.58. The van der Waals surface area contributed by atoms with Crippen LogP contribution in [0.1, 0.15) is 107 Å². The lowest BCUT2D eigenvalue weighted by Gasteiger charge is -2.41. The maximum Gasteiger partial charge on any atom is 0.408 e. The number of amides is 7. The Labute approximate surface area is 405 Å². The van der Waals surface area contributed by atoms with Gasteiger partial charge in [0.1, 0.15) is 23.7 Å². The highest BCUT2D eigenvalue weighted by molar-refractivity contribution is 5.98. The number of ether oxygens (including phenoxy) is 3. The molecule has 0 saturated carbocycles. The maximum absolute atomic E-state index is 14.3. The Hall–Kier alpha value is -4.81. The number of hydrogen-bond donors (Lipinski definition) is 4. The fourth-order valence-electron chi connectivity index (χ4n) is 9.21. The molecule has 4 N–H and O–H groups in total. The van der Waals surface area contributed by atoms with Crippen LogP contribution in [-0.2, 0) is 49.4 Å². The van der Waals surface area contributed by atoms with Gasteiger partial charge in [0.05, 0.1) is 42.5 Å². The Morgan fingerprint density at radius 1 is 0.853 bits per heavy atom. The largest absolute Gasteiger partial charge is 0.444 e. The number of benzene rings is 1. The van der Waals surface area contributed by atoms with Gasteiger partial charge in [-0.2, -0.15) is 0 Å². The van der Waals surface area contributed by atoms with Gasteiger partial charge < -0.3 is 55.1 Å². The summed E-state index contributed by atoms with van der Waals surface area (Å²) in [5, 5.41) is 11.0. The molecule has 2 aliphatic rings. The lowest BCUT2D eigenvalue weighted by atomic mass is 9.89. The van der Waals surface area contributed by atoms with Crippen LogP contribution < -0.4 is 21.3 Å². The van der Waals surface area contributed by atoms with Crippen molar-refractivity contribution in [2.45, 2.75) is 156 Å². The van der Waals surface area contributed by atoms with Crippen LogP contribution in [0.4, 0.5) is 10.5 Å². The van der Waals surface area contributed by atoms with Gasteiger partial charge in [-0.05, 0) is 103 Å².